The Balaban J connectivity index is 0.000000507. The second-order valence-electron chi connectivity index (χ2n) is 5.25. The average molecular weight is 330 g/mol. The van der Waals surface area contributed by atoms with Gasteiger partial charge in [-0.3, -0.25) is 4.21 Å². The van der Waals surface area contributed by atoms with Crippen LogP contribution in [-0.2, 0) is 27.9 Å². The Kier molecular flexibility index (Phi) is 10.4. The maximum Gasteiger partial charge on any atom is 2.00 e. The van der Waals surface area contributed by atoms with Crippen molar-refractivity contribution in [2.45, 2.75) is 31.9 Å². The quantitative estimate of drug-likeness (QED) is 0.567. The van der Waals surface area contributed by atoms with Crippen LogP contribution in [-0.4, -0.2) is 8.96 Å². The van der Waals surface area contributed by atoms with Crippen molar-refractivity contribution in [1.29, 1.82) is 0 Å². The van der Waals surface area contributed by atoms with Crippen LogP contribution in [0.2, 0.25) is 0 Å². The first-order chi connectivity index (χ1) is 8.96. The van der Waals surface area contributed by atoms with Crippen LogP contribution in [0.25, 0.3) is 0 Å². The van der Waals surface area contributed by atoms with Crippen molar-refractivity contribution in [3.05, 3.63) is 75.2 Å². The molecule has 0 aromatic carbocycles. The molecule has 1 atom stereocenters. The summed E-state index contributed by atoms with van der Waals surface area (Å²) in [5, 5.41) is 0.956. The van der Waals surface area contributed by atoms with E-state index in [2.05, 4.69) is 6.58 Å². The molecule has 0 saturated heterocycles. The smallest absolute Gasteiger partial charge is 0.258 e. The van der Waals surface area contributed by atoms with Gasteiger partial charge in [-0.25, -0.2) is 0 Å². The fourth-order valence-corrected chi connectivity index (χ4v) is 2.85. The van der Waals surface area contributed by atoms with Crippen LogP contribution in [0.5, 0.6) is 0 Å². The Morgan fingerprint density at radius 3 is 1.95 bits per heavy atom. The first-order valence-electron chi connectivity index (χ1n) is 6.41. The summed E-state index contributed by atoms with van der Waals surface area (Å²) in [5.41, 5.74) is 0. The molecule has 2 aliphatic carbocycles. The number of rotatable bonds is 3. The Morgan fingerprint density at radius 1 is 1.05 bits per heavy atom. The molecule has 3 heteroatoms. The normalized spacial score (nSPS) is 21.8. The summed E-state index contributed by atoms with van der Waals surface area (Å²) < 4.78 is 11.9. The van der Waals surface area contributed by atoms with Gasteiger partial charge in [0.2, 0.25) is 0 Å². The third kappa shape index (κ3) is 6.91. The molecule has 0 spiro atoms. The summed E-state index contributed by atoms with van der Waals surface area (Å²) in [6.07, 6.45) is 18.6. The number of hydrogen-bond donors (Lipinski definition) is 0. The third-order valence-electron chi connectivity index (χ3n) is 2.54. The van der Waals surface area contributed by atoms with Gasteiger partial charge in [-0.2, -0.15) is 0 Å². The van der Waals surface area contributed by atoms with Gasteiger partial charge in [-0.1, -0.05) is 6.08 Å². The van der Waals surface area contributed by atoms with Gasteiger partial charge in [0.15, 0.2) is 0 Å². The molecule has 0 aromatic rings. The van der Waals surface area contributed by atoms with Crippen LogP contribution in [0.1, 0.15) is 27.2 Å². The molecule has 0 unspecified atom stereocenters. The van der Waals surface area contributed by atoms with Crippen molar-refractivity contribution in [2.75, 3.05) is 0 Å². The monoisotopic (exact) mass is 330 g/mol. The number of allylic oxidation sites excluding steroid dienone is 1. The van der Waals surface area contributed by atoms with Crippen molar-refractivity contribution < 1.29 is 21.3 Å². The standard InChI is InChI=1S/C12H17OS.C5H5.Fe/c1-5-7-10-8-6-9-11(10)14(13)12(2,3)4;1-2-4-5-3-1;/h5-6,8-9H,1,7H2,2-4H3;1-5H;/q;;+2/t14-;;/m0../s1. The van der Waals surface area contributed by atoms with Crippen LogP contribution in [0.3, 0.4) is 0 Å². The zero-order chi connectivity index (χ0) is 14.3. The summed E-state index contributed by atoms with van der Waals surface area (Å²) in [7, 11) is -0.930. The minimum Gasteiger partial charge on any atom is -0.258 e. The van der Waals surface area contributed by atoms with Gasteiger partial charge in [0, 0.05) is 21.5 Å². The van der Waals surface area contributed by atoms with Crippen molar-refractivity contribution >= 4 is 10.8 Å². The van der Waals surface area contributed by atoms with Crippen molar-refractivity contribution in [1.82, 2.24) is 0 Å². The van der Waals surface area contributed by atoms with Gasteiger partial charge in [0.25, 0.3) is 0 Å². The van der Waals surface area contributed by atoms with E-state index in [0.29, 0.717) is 0 Å². The Labute approximate surface area is 139 Å². The predicted molar refractivity (Wildman–Crippen MR) is 83.6 cm³/mol. The fourth-order valence-electron chi connectivity index (χ4n) is 1.60. The van der Waals surface area contributed by atoms with Crippen molar-refractivity contribution in [3.63, 3.8) is 0 Å². The summed E-state index contributed by atoms with van der Waals surface area (Å²) in [5.74, 6) is 1.13. The molecule has 2 saturated carbocycles. The van der Waals surface area contributed by atoms with E-state index in [1.165, 1.54) is 0 Å². The molecule has 0 amide bonds. The van der Waals surface area contributed by atoms with Crippen LogP contribution in [0.15, 0.2) is 12.7 Å². The summed E-state index contributed by atoms with van der Waals surface area (Å²) >= 11 is 0. The first kappa shape index (κ1) is 20.4. The van der Waals surface area contributed by atoms with Crippen molar-refractivity contribution in [3.8, 4) is 0 Å². The Hall–Kier alpha value is 0.409. The molecule has 2 fully saturated rings. The molecule has 10 radical (unpaired) electrons. The molecule has 0 aromatic heterocycles. The topological polar surface area (TPSA) is 17.1 Å². The molecule has 0 bridgehead atoms. The molecule has 0 aliphatic heterocycles. The van der Waals surface area contributed by atoms with E-state index in [4.69, 9.17) is 0 Å². The van der Waals surface area contributed by atoms with E-state index >= 15 is 0 Å². The van der Waals surface area contributed by atoms with E-state index in [1.807, 2.05) is 78.2 Å². The maximum absolute atomic E-state index is 12.1. The van der Waals surface area contributed by atoms with E-state index in [-0.39, 0.29) is 21.8 Å². The number of hydrogen-bond acceptors (Lipinski definition) is 1. The summed E-state index contributed by atoms with van der Waals surface area (Å²) in [6.45, 7) is 9.68. The van der Waals surface area contributed by atoms with E-state index < -0.39 is 10.8 Å². The van der Waals surface area contributed by atoms with Gasteiger partial charge >= 0.3 is 17.1 Å². The first-order valence-corrected chi connectivity index (χ1v) is 7.56. The van der Waals surface area contributed by atoms with Gasteiger partial charge in [0.05, 0.1) is 5.25 Å². The van der Waals surface area contributed by atoms with Gasteiger partial charge in [-0.15, -0.1) is 6.58 Å². The molecular weight excluding hydrogens is 308 g/mol. The molecule has 20 heavy (non-hydrogen) atoms. The average Bonchev–Trinajstić information content (AvgIpc) is 3.01. The Bertz CT molecular complexity index is 284. The third-order valence-corrected chi connectivity index (χ3v) is 4.45. The summed E-state index contributed by atoms with van der Waals surface area (Å²) in [6, 6.07) is 0. The van der Waals surface area contributed by atoms with Crippen LogP contribution < -0.4 is 0 Å². The largest absolute Gasteiger partial charge is 2.00 e. The second-order valence-corrected chi connectivity index (χ2v) is 7.45. The molecule has 2 rings (SSSR count). The van der Waals surface area contributed by atoms with Crippen molar-refractivity contribution in [2.24, 2.45) is 0 Å². The molecule has 0 heterocycles. The zero-order valence-corrected chi connectivity index (χ0v) is 14.2. The predicted octanol–water partition coefficient (Wildman–Crippen LogP) is 3.86. The zero-order valence-electron chi connectivity index (χ0n) is 12.3. The fraction of sp³-hybridized carbons (Fsp3) is 0.294. The molecule has 0 N–H and O–H groups in total. The SMILES string of the molecule is C=CC[C]1[CH][CH][CH][C]1[S@](=O)C(C)(C)C.[CH]1[CH][CH][CH][CH]1.[Fe+2]. The minimum atomic E-state index is -0.930. The van der Waals surface area contributed by atoms with Crippen LogP contribution in [0, 0.1) is 62.5 Å². The van der Waals surface area contributed by atoms with E-state index in [9.17, 15) is 4.21 Å². The molecule has 1 nitrogen and oxygen atoms in total. The van der Waals surface area contributed by atoms with Crippen LogP contribution in [0.4, 0.5) is 0 Å². The molecular formula is C17H22FeOS+2. The Morgan fingerprint density at radius 2 is 1.55 bits per heavy atom. The second kappa shape index (κ2) is 10.2. The van der Waals surface area contributed by atoms with Gasteiger partial charge in [0.1, 0.15) is 0 Å². The minimum absolute atomic E-state index is 0. The maximum atomic E-state index is 12.1. The summed E-state index contributed by atoms with van der Waals surface area (Å²) in [4.78, 5) is 0. The van der Waals surface area contributed by atoms with Crippen LogP contribution >= 0.6 is 0 Å². The van der Waals surface area contributed by atoms with Gasteiger partial charge < -0.3 is 0 Å². The molecule has 108 valence electrons. The molecule has 2 aliphatic rings. The van der Waals surface area contributed by atoms with E-state index in [0.717, 1.165) is 17.6 Å². The van der Waals surface area contributed by atoms with E-state index in [1.54, 1.807) is 0 Å². The van der Waals surface area contributed by atoms with Gasteiger partial charge in [-0.05, 0) is 78.6 Å².